The normalized spacial score (nSPS) is 18.0. The largest absolute Gasteiger partial charge is 0.368 e. The molecule has 2 heterocycles. The van der Waals surface area contributed by atoms with E-state index in [1.54, 1.807) is 6.92 Å². The lowest BCUT2D eigenvalue weighted by Gasteiger charge is -2.38. The second kappa shape index (κ2) is 11.2. The summed E-state index contributed by atoms with van der Waals surface area (Å²) in [5.74, 6) is -0.990. The molecule has 0 saturated carbocycles. The molecular formula is C31H40N6O3. The van der Waals surface area contributed by atoms with Crippen LogP contribution >= 0.6 is 0 Å². The number of nitrogens with one attached hydrogen (secondary N) is 3. The SMILES string of the molecule is CCc1ccc([C@](CC)(NC(=O)c2c(C)nn3c2N[C@@H](c2ccccc2)CC3(C)C)C(=O)N[C@@H](C)C(N)=O)cc1. The predicted octanol–water partition coefficient (Wildman–Crippen LogP) is 4.07. The zero-order chi connectivity index (χ0) is 29.2. The molecular weight excluding hydrogens is 504 g/mol. The highest BCUT2D eigenvalue weighted by Crippen LogP contribution is 2.41. The van der Waals surface area contributed by atoms with Gasteiger partial charge in [-0.3, -0.25) is 14.4 Å². The summed E-state index contributed by atoms with van der Waals surface area (Å²) >= 11 is 0. The van der Waals surface area contributed by atoms with E-state index >= 15 is 0 Å². The van der Waals surface area contributed by atoms with Gasteiger partial charge in [0.15, 0.2) is 0 Å². The molecule has 1 aliphatic heterocycles. The third-order valence-corrected chi connectivity index (χ3v) is 7.95. The Labute approximate surface area is 235 Å². The summed E-state index contributed by atoms with van der Waals surface area (Å²) in [6.07, 6.45) is 1.86. The molecule has 3 atom stereocenters. The van der Waals surface area contributed by atoms with Crippen LogP contribution in [0.1, 0.15) is 86.2 Å². The van der Waals surface area contributed by atoms with E-state index in [1.165, 1.54) is 6.92 Å². The van der Waals surface area contributed by atoms with Crippen LogP contribution in [0.15, 0.2) is 54.6 Å². The van der Waals surface area contributed by atoms with Gasteiger partial charge in [0.2, 0.25) is 5.91 Å². The molecule has 0 saturated heterocycles. The number of primary amides is 1. The molecule has 0 aliphatic carbocycles. The summed E-state index contributed by atoms with van der Waals surface area (Å²) in [5, 5.41) is 14.1. The molecule has 1 aliphatic rings. The highest BCUT2D eigenvalue weighted by atomic mass is 16.2. The number of amides is 3. The van der Waals surface area contributed by atoms with Crippen LogP contribution in [0, 0.1) is 6.92 Å². The van der Waals surface area contributed by atoms with Gasteiger partial charge in [0.25, 0.3) is 11.8 Å². The van der Waals surface area contributed by atoms with Crippen molar-refractivity contribution in [3.8, 4) is 0 Å². The molecule has 0 bridgehead atoms. The molecule has 4 rings (SSSR count). The first kappa shape index (κ1) is 28.9. The smallest absolute Gasteiger partial charge is 0.258 e. The lowest BCUT2D eigenvalue weighted by Crippen LogP contribution is -2.59. The van der Waals surface area contributed by atoms with Crippen molar-refractivity contribution in [1.82, 2.24) is 20.4 Å². The first-order chi connectivity index (χ1) is 18.9. The van der Waals surface area contributed by atoms with Crippen molar-refractivity contribution in [3.05, 3.63) is 82.5 Å². The quantitative estimate of drug-likeness (QED) is 0.323. The van der Waals surface area contributed by atoms with E-state index in [0.717, 1.165) is 24.0 Å². The van der Waals surface area contributed by atoms with E-state index in [9.17, 15) is 14.4 Å². The Bertz CT molecular complexity index is 1400. The maximum absolute atomic E-state index is 14.2. The van der Waals surface area contributed by atoms with Crippen molar-refractivity contribution in [3.63, 3.8) is 0 Å². The Balaban J connectivity index is 1.77. The number of rotatable bonds is 9. The number of fused-ring (bicyclic) bond motifs is 1. The standard InChI is InChI=1S/C31H40N6O3/c1-7-21-14-16-23(17-15-21)31(8-2,29(40)33-20(4)26(32)38)35-28(39)25-19(3)36-37-27(25)34-24(18-30(37,5)6)22-12-10-9-11-13-22/h9-17,20,24,34H,7-8,18H2,1-6H3,(H2,32,38)(H,33,40)(H,35,39)/t20-,24+,31-/m0/s1. The van der Waals surface area contributed by atoms with E-state index in [1.807, 2.05) is 61.0 Å². The molecule has 1 aromatic heterocycles. The molecule has 5 N–H and O–H groups in total. The van der Waals surface area contributed by atoms with Crippen LogP contribution < -0.4 is 21.7 Å². The molecule has 212 valence electrons. The molecule has 9 heteroatoms. The number of nitrogens with zero attached hydrogens (tertiary/aromatic N) is 2. The molecule has 0 spiro atoms. The van der Waals surface area contributed by atoms with Crippen LogP contribution in [0.4, 0.5) is 5.82 Å². The lowest BCUT2D eigenvalue weighted by atomic mass is 9.84. The fourth-order valence-corrected chi connectivity index (χ4v) is 5.44. The van der Waals surface area contributed by atoms with E-state index in [4.69, 9.17) is 10.8 Å². The maximum Gasteiger partial charge on any atom is 0.258 e. The van der Waals surface area contributed by atoms with E-state index < -0.39 is 29.3 Å². The molecule has 9 nitrogen and oxygen atoms in total. The highest BCUT2D eigenvalue weighted by molar-refractivity contribution is 6.04. The predicted molar refractivity (Wildman–Crippen MR) is 156 cm³/mol. The van der Waals surface area contributed by atoms with Crippen molar-refractivity contribution in [1.29, 1.82) is 0 Å². The van der Waals surface area contributed by atoms with Crippen LogP contribution in [0.3, 0.4) is 0 Å². The zero-order valence-electron chi connectivity index (χ0n) is 24.2. The number of anilines is 1. The molecule has 3 aromatic rings. The molecule has 40 heavy (non-hydrogen) atoms. The number of carbonyl (C=O) groups excluding carboxylic acids is 3. The first-order valence-corrected chi connectivity index (χ1v) is 13.9. The summed E-state index contributed by atoms with van der Waals surface area (Å²) in [7, 11) is 0. The van der Waals surface area contributed by atoms with E-state index in [0.29, 0.717) is 22.6 Å². The van der Waals surface area contributed by atoms with Crippen molar-refractivity contribution in [2.24, 2.45) is 5.73 Å². The molecule has 3 amide bonds. The Morgan fingerprint density at radius 3 is 2.35 bits per heavy atom. The Hall–Kier alpha value is -4.14. The van der Waals surface area contributed by atoms with Gasteiger partial charge in [-0.15, -0.1) is 0 Å². The van der Waals surface area contributed by atoms with Crippen LogP contribution in [0.2, 0.25) is 0 Å². The zero-order valence-corrected chi connectivity index (χ0v) is 24.2. The summed E-state index contributed by atoms with van der Waals surface area (Å²) in [6, 6.07) is 16.8. The molecule has 0 radical (unpaired) electrons. The topological polar surface area (TPSA) is 131 Å². The van der Waals surface area contributed by atoms with Gasteiger partial charge in [-0.25, -0.2) is 4.68 Å². The van der Waals surface area contributed by atoms with Crippen molar-refractivity contribution < 1.29 is 14.4 Å². The number of hydrogen-bond donors (Lipinski definition) is 4. The fourth-order valence-electron chi connectivity index (χ4n) is 5.44. The molecule has 2 aromatic carbocycles. The Kier molecular flexibility index (Phi) is 8.05. The minimum atomic E-state index is -1.45. The average Bonchev–Trinajstić information content (AvgIpc) is 3.28. The monoisotopic (exact) mass is 544 g/mol. The number of nitrogens with two attached hydrogens (primary N) is 1. The third kappa shape index (κ3) is 5.33. The van der Waals surface area contributed by atoms with Gasteiger partial charge in [-0.1, -0.05) is 68.4 Å². The minimum absolute atomic E-state index is 0.0245. The van der Waals surface area contributed by atoms with Gasteiger partial charge in [0, 0.05) is 0 Å². The van der Waals surface area contributed by atoms with Crippen LogP contribution in [-0.2, 0) is 27.1 Å². The first-order valence-electron chi connectivity index (χ1n) is 13.9. The number of aromatic nitrogens is 2. The van der Waals surface area contributed by atoms with Gasteiger partial charge >= 0.3 is 0 Å². The maximum atomic E-state index is 14.2. The fraction of sp³-hybridized carbons (Fsp3) is 0.419. The Morgan fingerprint density at radius 2 is 1.77 bits per heavy atom. The number of benzene rings is 2. The summed E-state index contributed by atoms with van der Waals surface area (Å²) in [4.78, 5) is 39.8. The van der Waals surface area contributed by atoms with Crippen LogP contribution in [-0.4, -0.2) is 33.5 Å². The van der Waals surface area contributed by atoms with Crippen molar-refractivity contribution >= 4 is 23.5 Å². The Morgan fingerprint density at radius 1 is 1.12 bits per heavy atom. The summed E-state index contributed by atoms with van der Waals surface area (Å²) < 4.78 is 1.87. The second-order valence-electron chi connectivity index (χ2n) is 11.2. The average molecular weight is 545 g/mol. The third-order valence-electron chi connectivity index (χ3n) is 7.95. The number of aryl methyl sites for hydroxylation is 2. The van der Waals surface area contributed by atoms with E-state index in [2.05, 4.69) is 41.9 Å². The van der Waals surface area contributed by atoms with Gasteiger partial charge in [0.05, 0.1) is 17.3 Å². The van der Waals surface area contributed by atoms with E-state index in [-0.39, 0.29) is 18.0 Å². The summed E-state index contributed by atoms with van der Waals surface area (Å²) in [5.41, 5.74) is 7.40. The van der Waals surface area contributed by atoms with Gasteiger partial charge in [-0.2, -0.15) is 5.10 Å². The second-order valence-corrected chi connectivity index (χ2v) is 11.2. The van der Waals surface area contributed by atoms with Crippen molar-refractivity contribution in [2.75, 3.05) is 5.32 Å². The lowest BCUT2D eigenvalue weighted by molar-refractivity contribution is -0.131. The molecule has 0 fully saturated rings. The number of hydrogen-bond acceptors (Lipinski definition) is 5. The van der Waals surface area contributed by atoms with Gasteiger partial charge < -0.3 is 21.7 Å². The summed E-state index contributed by atoms with van der Waals surface area (Å²) in [6.45, 7) is 11.4. The van der Waals surface area contributed by atoms with Crippen molar-refractivity contribution in [2.45, 2.75) is 84.0 Å². The van der Waals surface area contributed by atoms with Crippen LogP contribution in [0.5, 0.6) is 0 Å². The highest BCUT2D eigenvalue weighted by Gasteiger charge is 2.44. The molecule has 0 unspecified atom stereocenters. The van der Waals surface area contributed by atoms with Gasteiger partial charge in [0.1, 0.15) is 23.0 Å². The van der Waals surface area contributed by atoms with Gasteiger partial charge in [-0.05, 0) is 63.6 Å². The number of carbonyl (C=O) groups is 3. The minimum Gasteiger partial charge on any atom is -0.368 e. The van der Waals surface area contributed by atoms with Crippen LogP contribution in [0.25, 0.3) is 0 Å².